The van der Waals surface area contributed by atoms with Crippen LogP contribution < -0.4 is 0 Å². The van der Waals surface area contributed by atoms with Crippen LogP contribution in [-0.2, 0) is 9.59 Å². The summed E-state index contributed by atoms with van der Waals surface area (Å²) in [5.41, 5.74) is -2.74. The Kier molecular flexibility index (Phi) is 6.32. The lowest BCUT2D eigenvalue weighted by atomic mass is 9.83. The van der Waals surface area contributed by atoms with E-state index in [1.807, 2.05) is 0 Å². The summed E-state index contributed by atoms with van der Waals surface area (Å²) in [7, 11) is 0. The van der Waals surface area contributed by atoms with E-state index in [1.165, 1.54) is 0 Å². The van der Waals surface area contributed by atoms with Gasteiger partial charge in [-0.25, -0.2) is 9.59 Å². The van der Waals surface area contributed by atoms with Crippen molar-refractivity contribution in [2.75, 3.05) is 0 Å². The highest BCUT2D eigenvalue weighted by Crippen LogP contribution is 2.32. The Bertz CT molecular complexity index is 357. The molecular formula is C14H26N2O4. The minimum absolute atomic E-state index is 0.265. The number of rotatable bonds is 8. The first-order valence-electron chi connectivity index (χ1n) is 7.01. The third-order valence-electron chi connectivity index (χ3n) is 4.14. The van der Waals surface area contributed by atoms with Crippen molar-refractivity contribution in [2.24, 2.45) is 22.1 Å². The molecule has 6 nitrogen and oxygen atoms in total. The van der Waals surface area contributed by atoms with E-state index in [4.69, 9.17) is 0 Å². The Morgan fingerprint density at radius 1 is 0.850 bits per heavy atom. The van der Waals surface area contributed by atoms with E-state index in [0.29, 0.717) is 0 Å². The second-order valence-electron chi connectivity index (χ2n) is 5.68. The zero-order valence-corrected chi connectivity index (χ0v) is 13.2. The number of aliphatic carboxylic acids is 2. The summed E-state index contributed by atoms with van der Waals surface area (Å²) in [6.07, 6.45) is 0.530. The largest absolute Gasteiger partial charge is 0.479 e. The van der Waals surface area contributed by atoms with Gasteiger partial charge in [0.2, 0.25) is 0 Å². The monoisotopic (exact) mass is 286 g/mol. The molecule has 0 spiro atoms. The van der Waals surface area contributed by atoms with Crippen LogP contribution in [0.1, 0.15) is 54.4 Å². The van der Waals surface area contributed by atoms with Gasteiger partial charge in [-0.15, -0.1) is 0 Å². The van der Waals surface area contributed by atoms with Crippen molar-refractivity contribution in [3.63, 3.8) is 0 Å². The van der Waals surface area contributed by atoms with Gasteiger partial charge in [0, 0.05) is 0 Å². The molecule has 0 heterocycles. The molecule has 0 saturated carbocycles. The molecule has 0 radical (unpaired) electrons. The lowest BCUT2D eigenvalue weighted by Gasteiger charge is -2.31. The second-order valence-corrected chi connectivity index (χ2v) is 5.68. The number of azo groups is 1. The van der Waals surface area contributed by atoms with Crippen LogP contribution in [0.4, 0.5) is 0 Å². The molecule has 2 N–H and O–H groups in total. The van der Waals surface area contributed by atoms with E-state index in [2.05, 4.69) is 10.2 Å². The molecule has 0 amide bonds. The first-order chi connectivity index (χ1) is 9.10. The summed E-state index contributed by atoms with van der Waals surface area (Å²) >= 11 is 0. The molecule has 0 saturated heterocycles. The van der Waals surface area contributed by atoms with Gasteiger partial charge in [-0.2, -0.15) is 10.2 Å². The minimum Gasteiger partial charge on any atom is -0.479 e. The van der Waals surface area contributed by atoms with E-state index >= 15 is 0 Å². The number of carbonyl (C=O) groups is 2. The smallest absolute Gasteiger partial charge is 0.333 e. The summed E-state index contributed by atoms with van der Waals surface area (Å²) in [5, 5.41) is 26.9. The van der Waals surface area contributed by atoms with Crippen molar-refractivity contribution >= 4 is 11.9 Å². The SMILES string of the molecule is CCC(N=NC(CC)(C(=O)O)C(C)C)(C(=O)O)C(C)C. The molecular weight excluding hydrogens is 260 g/mol. The van der Waals surface area contributed by atoms with Crippen LogP contribution in [-0.4, -0.2) is 33.2 Å². The number of hydrogen-bond donors (Lipinski definition) is 2. The molecule has 0 aromatic rings. The summed E-state index contributed by atoms with van der Waals surface area (Å²) in [6.45, 7) is 10.4. The Morgan fingerprint density at radius 3 is 1.20 bits per heavy atom. The van der Waals surface area contributed by atoms with Gasteiger partial charge < -0.3 is 10.2 Å². The first kappa shape index (κ1) is 18.5. The Hall–Kier alpha value is -1.46. The fourth-order valence-corrected chi connectivity index (χ4v) is 2.25. The average molecular weight is 286 g/mol. The van der Waals surface area contributed by atoms with E-state index in [0.717, 1.165) is 0 Å². The van der Waals surface area contributed by atoms with Gasteiger partial charge in [-0.3, -0.25) is 0 Å². The van der Waals surface area contributed by atoms with Gasteiger partial charge in [-0.1, -0.05) is 41.5 Å². The maximum Gasteiger partial charge on any atom is 0.333 e. The molecule has 116 valence electrons. The number of carboxylic acid groups (broad SMARTS) is 2. The van der Waals surface area contributed by atoms with Gasteiger partial charge in [-0.05, 0) is 24.7 Å². The second kappa shape index (κ2) is 6.81. The third-order valence-corrected chi connectivity index (χ3v) is 4.14. The van der Waals surface area contributed by atoms with Crippen LogP contribution >= 0.6 is 0 Å². The zero-order valence-electron chi connectivity index (χ0n) is 13.2. The van der Waals surface area contributed by atoms with Gasteiger partial charge >= 0.3 is 11.9 Å². The van der Waals surface area contributed by atoms with Gasteiger partial charge in [0.1, 0.15) is 0 Å². The lowest BCUT2D eigenvalue weighted by molar-refractivity contribution is -0.148. The standard InChI is InChI=1S/C14H26N2O4/c1-7-13(9(3)4,11(17)18)15-16-14(8-2,10(5)6)12(19)20/h9-10H,7-8H2,1-6H3,(H,17,18)(H,19,20). The van der Waals surface area contributed by atoms with Crippen LogP contribution in [0.25, 0.3) is 0 Å². The normalized spacial score (nSPS) is 18.2. The molecule has 2 atom stereocenters. The lowest BCUT2D eigenvalue weighted by Crippen LogP contribution is -2.45. The Balaban J connectivity index is 5.82. The fourth-order valence-electron chi connectivity index (χ4n) is 2.25. The Morgan fingerprint density at radius 2 is 1.10 bits per heavy atom. The van der Waals surface area contributed by atoms with Crippen molar-refractivity contribution in [1.29, 1.82) is 0 Å². The predicted octanol–water partition coefficient (Wildman–Crippen LogP) is 3.22. The molecule has 0 aromatic heterocycles. The van der Waals surface area contributed by atoms with E-state index in [9.17, 15) is 19.8 Å². The molecule has 0 bridgehead atoms. The molecule has 0 aliphatic carbocycles. The maximum atomic E-state index is 11.5. The van der Waals surface area contributed by atoms with E-state index < -0.39 is 23.0 Å². The minimum atomic E-state index is -1.37. The van der Waals surface area contributed by atoms with Gasteiger partial charge in [0.15, 0.2) is 11.1 Å². The molecule has 0 aliphatic heterocycles. The number of nitrogens with zero attached hydrogens (tertiary/aromatic N) is 2. The zero-order chi connectivity index (χ0) is 16.1. The summed E-state index contributed by atoms with van der Waals surface area (Å²) in [4.78, 5) is 23.1. The highest BCUT2D eigenvalue weighted by Gasteiger charge is 2.45. The molecule has 6 heteroatoms. The van der Waals surface area contributed by atoms with Gasteiger partial charge in [0.05, 0.1) is 0 Å². The third kappa shape index (κ3) is 3.16. The highest BCUT2D eigenvalue weighted by atomic mass is 16.4. The first-order valence-corrected chi connectivity index (χ1v) is 7.01. The molecule has 0 aromatic carbocycles. The van der Waals surface area contributed by atoms with Crippen LogP contribution in [0.3, 0.4) is 0 Å². The van der Waals surface area contributed by atoms with Crippen molar-refractivity contribution in [3.05, 3.63) is 0 Å². The van der Waals surface area contributed by atoms with Crippen LogP contribution in [0, 0.1) is 11.8 Å². The molecule has 0 rings (SSSR count). The molecule has 2 unspecified atom stereocenters. The van der Waals surface area contributed by atoms with Gasteiger partial charge in [0.25, 0.3) is 0 Å². The highest BCUT2D eigenvalue weighted by molar-refractivity contribution is 5.80. The Labute approximate surface area is 120 Å². The average Bonchev–Trinajstić information content (AvgIpc) is 2.33. The van der Waals surface area contributed by atoms with Crippen LogP contribution in [0.15, 0.2) is 10.2 Å². The fraction of sp³-hybridized carbons (Fsp3) is 0.857. The molecule has 20 heavy (non-hydrogen) atoms. The van der Waals surface area contributed by atoms with E-state index in [-0.39, 0.29) is 24.7 Å². The van der Waals surface area contributed by atoms with E-state index in [1.54, 1.807) is 41.5 Å². The summed E-state index contributed by atoms with van der Waals surface area (Å²) in [6, 6.07) is 0. The van der Waals surface area contributed by atoms with Crippen LogP contribution in [0.2, 0.25) is 0 Å². The van der Waals surface area contributed by atoms with Crippen molar-refractivity contribution in [1.82, 2.24) is 0 Å². The quantitative estimate of drug-likeness (QED) is 0.669. The molecule has 0 aliphatic rings. The molecule has 0 fully saturated rings. The number of hydrogen-bond acceptors (Lipinski definition) is 4. The van der Waals surface area contributed by atoms with Crippen LogP contribution in [0.5, 0.6) is 0 Å². The van der Waals surface area contributed by atoms with Crippen molar-refractivity contribution < 1.29 is 19.8 Å². The summed E-state index contributed by atoms with van der Waals surface area (Å²) < 4.78 is 0. The number of carboxylic acids is 2. The summed E-state index contributed by atoms with van der Waals surface area (Å²) in [5.74, 6) is -2.69. The maximum absolute atomic E-state index is 11.5. The predicted molar refractivity (Wildman–Crippen MR) is 75.8 cm³/mol. The van der Waals surface area contributed by atoms with Crippen molar-refractivity contribution in [3.8, 4) is 0 Å². The topological polar surface area (TPSA) is 99.3 Å². The van der Waals surface area contributed by atoms with Crippen molar-refractivity contribution in [2.45, 2.75) is 65.5 Å².